The van der Waals surface area contributed by atoms with E-state index in [0.717, 1.165) is 5.56 Å². The van der Waals surface area contributed by atoms with Gasteiger partial charge in [0.05, 0.1) is 13.2 Å². The van der Waals surface area contributed by atoms with E-state index in [-0.39, 0.29) is 29.9 Å². The molecule has 1 atom stereocenters. The summed E-state index contributed by atoms with van der Waals surface area (Å²) >= 11 is 0. The van der Waals surface area contributed by atoms with Gasteiger partial charge in [0.2, 0.25) is 0 Å². The van der Waals surface area contributed by atoms with Gasteiger partial charge in [-0.05, 0) is 42.0 Å². The van der Waals surface area contributed by atoms with Crippen molar-refractivity contribution in [1.82, 2.24) is 4.90 Å². The lowest BCUT2D eigenvalue weighted by Gasteiger charge is -2.32. The van der Waals surface area contributed by atoms with Gasteiger partial charge in [0.1, 0.15) is 35.9 Å². The molecule has 146 valence electrons. The van der Waals surface area contributed by atoms with E-state index in [1.807, 2.05) is 18.2 Å². The molecule has 6 heteroatoms. The number of hydrogen-bond donors (Lipinski definition) is 1. The molecule has 1 N–H and O–H groups in total. The highest BCUT2D eigenvalue weighted by Crippen LogP contribution is 2.17. The molecule has 2 aromatic rings. The van der Waals surface area contributed by atoms with Crippen molar-refractivity contribution in [2.45, 2.75) is 6.10 Å². The standard InChI is InChI=1S/C23H20N2O4/c1-2-17-4-3-5-21(13-17)29-16-22-15-25(10-11-28-22)23(27)19(14-24)12-18-6-8-20(26)9-7-18/h1,3-9,12-13,22,26H,10-11,15-16H2. The Morgan fingerprint density at radius 2 is 2.14 bits per heavy atom. The number of nitriles is 1. The molecule has 0 radical (unpaired) electrons. The third-order valence-electron chi connectivity index (χ3n) is 4.42. The van der Waals surface area contributed by atoms with Gasteiger partial charge in [-0.1, -0.05) is 24.1 Å². The number of benzene rings is 2. The molecule has 1 aliphatic rings. The second-order valence-corrected chi connectivity index (χ2v) is 6.49. The lowest BCUT2D eigenvalue weighted by atomic mass is 10.1. The molecule has 0 aliphatic carbocycles. The predicted octanol–water partition coefficient (Wildman–Crippen LogP) is 2.59. The maximum atomic E-state index is 12.8. The number of rotatable bonds is 5. The van der Waals surface area contributed by atoms with E-state index in [4.69, 9.17) is 15.9 Å². The summed E-state index contributed by atoms with van der Waals surface area (Å²) in [5.41, 5.74) is 1.41. The molecule has 1 saturated heterocycles. The minimum atomic E-state index is -0.358. The lowest BCUT2D eigenvalue weighted by Crippen LogP contribution is -2.48. The van der Waals surface area contributed by atoms with Crippen molar-refractivity contribution in [2.75, 3.05) is 26.3 Å². The summed E-state index contributed by atoms with van der Waals surface area (Å²) in [7, 11) is 0. The number of carbonyl (C=O) groups excluding carboxylic acids is 1. The van der Waals surface area contributed by atoms with Crippen molar-refractivity contribution in [1.29, 1.82) is 5.26 Å². The molecular weight excluding hydrogens is 368 g/mol. The maximum absolute atomic E-state index is 12.8. The van der Waals surface area contributed by atoms with Crippen LogP contribution >= 0.6 is 0 Å². The van der Waals surface area contributed by atoms with E-state index >= 15 is 0 Å². The largest absolute Gasteiger partial charge is 0.508 e. The average molecular weight is 388 g/mol. The Hall–Kier alpha value is -3.74. The molecule has 0 aromatic heterocycles. The number of phenolic OH excluding ortho intramolecular Hbond substituents is 1. The van der Waals surface area contributed by atoms with E-state index in [2.05, 4.69) is 5.92 Å². The third-order valence-corrected chi connectivity index (χ3v) is 4.42. The molecule has 0 saturated carbocycles. The highest BCUT2D eigenvalue weighted by atomic mass is 16.5. The molecule has 1 heterocycles. The second-order valence-electron chi connectivity index (χ2n) is 6.49. The van der Waals surface area contributed by atoms with Crippen LogP contribution in [0.5, 0.6) is 11.5 Å². The van der Waals surface area contributed by atoms with Crippen LogP contribution in [0.2, 0.25) is 0 Å². The SMILES string of the molecule is C#Cc1cccc(OCC2CN(C(=O)C(C#N)=Cc3ccc(O)cc3)CCO2)c1. The van der Waals surface area contributed by atoms with E-state index < -0.39 is 0 Å². The first kappa shape index (κ1) is 20.0. The zero-order valence-electron chi connectivity index (χ0n) is 15.7. The third kappa shape index (κ3) is 5.38. The van der Waals surface area contributed by atoms with Crippen LogP contribution in [0.15, 0.2) is 54.1 Å². The topological polar surface area (TPSA) is 82.8 Å². The summed E-state index contributed by atoms with van der Waals surface area (Å²) in [6.07, 6.45) is 6.59. The van der Waals surface area contributed by atoms with Crippen LogP contribution in [0.25, 0.3) is 6.08 Å². The van der Waals surface area contributed by atoms with Gasteiger partial charge in [-0.3, -0.25) is 4.79 Å². The summed E-state index contributed by atoms with van der Waals surface area (Å²) in [5.74, 6) is 2.95. The Bertz CT molecular complexity index is 983. The molecule has 1 fully saturated rings. The smallest absolute Gasteiger partial charge is 0.264 e. The van der Waals surface area contributed by atoms with Crippen LogP contribution in [0.4, 0.5) is 0 Å². The van der Waals surface area contributed by atoms with E-state index in [9.17, 15) is 15.2 Å². The van der Waals surface area contributed by atoms with Crippen molar-refractivity contribution in [3.8, 4) is 29.9 Å². The fourth-order valence-corrected chi connectivity index (χ4v) is 2.92. The number of amides is 1. The first-order valence-electron chi connectivity index (χ1n) is 9.10. The van der Waals surface area contributed by atoms with Crippen molar-refractivity contribution in [3.63, 3.8) is 0 Å². The van der Waals surface area contributed by atoms with Crippen LogP contribution < -0.4 is 4.74 Å². The Labute approximate surface area is 169 Å². The van der Waals surface area contributed by atoms with Crippen LogP contribution in [0, 0.1) is 23.7 Å². The van der Waals surface area contributed by atoms with Crippen LogP contribution in [0.3, 0.4) is 0 Å². The molecular formula is C23H20N2O4. The maximum Gasteiger partial charge on any atom is 0.264 e. The van der Waals surface area contributed by atoms with Crippen LogP contribution in [-0.2, 0) is 9.53 Å². The minimum absolute atomic E-state index is 0.0268. The Morgan fingerprint density at radius 3 is 2.86 bits per heavy atom. The van der Waals surface area contributed by atoms with Crippen molar-refractivity contribution < 1.29 is 19.4 Å². The van der Waals surface area contributed by atoms with Gasteiger partial charge in [-0.25, -0.2) is 0 Å². The van der Waals surface area contributed by atoms with Gasteiger partial charge in [-0.15, -0.1) is 6.42 Å². The molecule has 6 nitrogen and oxygen atoms in total. The molecule has 1 aliphatic heterocycles. The zero-order valence-corrected chi connectivity index (χ0v) is 15.7. The van der Waals surface area contributed by atoms with E-state index in [0.29, 0.717) is 31.0 Å². The van der Waals surface area contributed by atoms with E-state index in [1.54, 1.807) is 29.2 Å². The molecule has 3 rings (SSSR count). The number of ether oxygens (including phenoxy) is 2. The molecule has 1 amide bonds. The number of phenols is 1. The second kappa shape index (κ2) is 9.45. The number of carbonyl (C=O) groups is 1. The molecule has 0 bridgehead atoms. The summed E-state index contributed by atoms with van der Waals surface area (Å²) in [6.45, 7) is 1.35. The normalized spacial score (nSPS) is 16.6. The zero-order chi connectivity index (χ0) is 20.6. The predicted molar refractivity (Wildman–Crippen MR) is 108 cm³/mol. The fourth-order valence-electron chi connectivity index (χ4n) is 2.92. The quantitative estimate of drug-likeness (QED) is 0.484. The summed E-state index contributed by atoms with van der Waals surface area (Å²) in [5, 5.41) is 18.8. The van der Waals surface area contributed by atoms with Gasteiger partial charge in [0, 0.05) is 12.1 Å². The molecule has 1 unspecified atom stereocenters. The number of hydrogen-bond acceptors (Lipinski definition) is 5. The molecule has 29 heavy (non-hydrogen) atoms. The number of morpholine rings is 1. The monoisotopic (exact) mass is 388 g/mol. The summed E-state index contributed by atoms with van der Waals surface area (Å²) in [4.78, 5) is 14.4. The first-order chi connectivity index (χ1) is 14.1. The number of aromatic hydroxyl groups is 1. The molecule has 0 spiro atoms. The minimum Gasteiger partial charge on any atom is -0.508 e. The fraction of sp³-hybridized carbons (Fsp3) is 0.217. The van der Waals surface area contributed by atoms with Crippen LogP contribution in [0.1, 0.15) is 11.1 Å². The summed E-state index contributed by atoms with van der Waals surface area (Å²) in [6, 6.07) is 15.4. The van der Waals surface area contributed by atoms with Crippen molar-refractivity contribution >= 4 is 12.0 Å². The number of terminal acetylenes is 1. The highest BCUT2D eigenvalue weighted by Gasteiger charge is 2.26. The average Bonchev–Trinajstić information content (AvgIpc) is 2.77. The van der Waals surface area contributed by atoms with Gasteiger partial charge in [0.15, 0.2) is 0 Å². The first-order valence-corrected chi connectivity index (χ1v) is 9.10. The van der Waals surface area contributed by atoms with Crippen molar-refractivity contribution in [3.05, 3.63) is 65.2 Å². The van der Waals surface area contributed by atoms with E-state index in [1.165, 1.54) is 18.2 Å². The Balaban J connectivity index is 1.63. The van der Waals surface area contributed by atoms with Gasteiger partial charge < -0.3 is 19.5 Å². The van der Waals surface area contributed by atoms with Crippen LogP contribution in [-0.4, -0.2) is 48.3 Å². The van der Waals surface area contributed by atoms with Crippen molar-refractivity contribution in [2.24, 2.45) is 0 Å². The number of nitrogens with zero attached hydrogens (tertiary/aromatic N) is 2. The Morgan fingerprint density at radius 1 is 1.34 bits per heavy atom. The Kier molecular flexibility index (Phi) is 6.52. The van der Waals surface area contributed by atoms with Gasteiger partial charge in [-0.2, -0.15) is 5.26 Å². The highest BCUT2D eigenvalue weighted by molar-refractivity contribution is 6.01. The summed E-state index contributed by atoms with van der Waals surface area (Å²) < 4.78 is 11.4. The lowest BCUT2D eigenvalue weighted by molar-refractivity contribution is -0.135. The van der Waals surface area contributed by atoms with Gasteiger partial charge in [0.25, 0.3) is 5.91 Å². The van der Waals surface area contributed by atoms with Gasteiger partial charge >= 0.3 is 0 Å². The molecule has 2 aromatic carbocycles.